The van der Waals surface area contributed by atoms with Crippen LogP contribution in [0.3, 0.4) is 0 Å². The summed E-state index contributed by atoms with van der Waals surface area (Å²) in [5.74, 6) is 4.88. The van der Waals surface area contributed by atoms with Crippen molar-refractivity contribution in [3.05, 3.63) is 186 Å². The average Bonchev–Trinajstić information content (AvgIpc) is 4.06. The molecule has 3 unspecified atom stereocenters. The number of anilines is 3. The van der Waals surface area contributed by atoms with Crippen molar-refractivity contribution in [1.82, 2.24) is 0 Å². The van der Waals surface area contributed by atoms with E-state index in [0.29, 0.717) is 0 Å². The van der Waals surface area contributed by atoms with E-state index >= 15 is 0 Å². The molecule has 60 heavy (non-hydrogen) atoms. The molecule has 0 amide bonds. The average molecular weight is 774 g/mol. The third kappa shape index (κ3) is 4.49. The van der Waals surface area contributed by atoms with Crippen LogP contribution < -0.4 is 4.90 Å². The Morgan fingerprint density at radius 1 is 0.367 bits per heavy atom. The molecule has 0 saturated heterocycles. The fraction of sp³-hybridized carbons (Fsp3) is 0.288. The van der Waals surface area contributed by atoms with E-state index in [4.69, 9.17) is 0 Å². The zero-order valence-electron chi connectivity index (χ0n) is 34.4. The molecule has 6 bridgehead atoms. The molecule has 15 rings (SSSR count). The summed E-state index contributed by atoms with van der Waals surface area (Å²) < 4.78 is 0. The lowest BCUT2D eigenvalue weighted by atomic mass is 9.43. The summed E-state index contributed by atoms with van der Waals surface area (Å²) in [7, 11) is 0. The van der Waals surface area contributed by atoms with Crippen LogP contribution in [0.25, 0.3) is 44.5 Å². The second-order valence-electron chi connectivity index (χ2n) is 20.1. The molecule has 2 spiro atoms. The van der Waals surface area contributed by atoms with Crippen LogP contribution in [-0.2, 0) is 10.8 Å². The highest BCUT2D eigenvalue weighted by Crippen LogP contribution is 2.70. The number of rotatable bonds is 5. The largest absolute Gasteiger partial charge is 0.310 e. The minimum atomic E-state index is 0.103. The molecule has 8 aliphatic rings. The maximum atomic E-state index is 2.69. The van der Waals surface area contributed by atoms with Crippen molar-refractivity contribution in [2.75, 3.05) is 4.90 Å². The number of benzene rings is 7. The van der Waals surface area contributed by atoms with Crippen LogP contribution in [0, 0.1) is 35.5 Å². The van der Waals surface area contributed by atoms with Gasteiger partial charge in [-0.05, 0) is 184 Å². The Labute approximate surface area is 355 Å². The summed E-state index contributed by atoms with van der Waals surface area (Å²) in [6.45, 7) is 0. The first-order valence-electron chi connectivity index (χ1n) is 23.2. The van der Waals surface area contributed by atoms with Gasteiger partial charge < -0.3 is 4.90 Å². The van der Waals surface area contributed by atoms with Crippen LogP contribution in [0.15, 0.2) is 164 Å². The van der Waals surface area contributed by atoms with E-state index < -0.39 is 0 Å². The zero-order valence-corrected chi connectivity index (χ0v) is 34.4. The maximum Gasteiger partial charge on any atom is 0.0540 e. The quantitative estimate of drug-likeness (QED) is 0.168. The van der Waals surface area contributed by atoms with Crippen molar-refractivity contribution in [2.24, 2.45) is 35.5 Å². The minimum Gasteiger partial charge on any atom is -0.310 e. The Bertz CT molecular complexity index is 2840. The SMILES string of the molecule is c1ccc(-c2ccc(N(c3ccc4c(c3)-c3ccccc3C43CC4CCC3C4)c3ccc4c(c3)C3(c5ccccc5-4)C4CC5CC(C4)CC3C5)c(-c3ccccc3)c2)cc1. The first-order valence-corrected chi connectivity index (χ1v) is 23.2. The smallest absolute Gasteiger partial charge is 0.0540 e. The van der Waals surface area contributed by atoms with Gasteiger partial charge in [-0.2, -0.15) is 0 Å². The summed E-state index contributed by atoms with van der Waals surface area (Å²) >= 11 is 0. The Morgan fingerprint density at radius 2 is 0.967 bits per heavy atom. The molecule has 7 aromatic rings. The number of fused-ring (bicyclic) bond motifs is 11. The van der Waals surface area contributed by atoms with E-state index in [1.807, 2.05) is 0 Å². The number of hydrogen-bond donors (Lipinski definition) is 0. The molecule has 7 aromatic carbocycles. The molecule has 8 aliphatic carbocycles. The zero-order chi connectivity index (χ0) is 39.2. The van der Waals surface area contributed by atoms with Gasteiger partial charge in [0, 0.05) is 27.8 Å². The van der Waals surface area contributed by atoms with Crippen LogP contribution in [0.2, 0.25) is 0 Å². The molecule has 0 aromatic heterocycles. The highest BCUT2D eigenvalue weighted by atomic mass is 15.1. The maximum absolute atomic E-state index is 2.69. The van der Waals surface area contributed by atoms with Crippen LogP contribution in [0.1, 0.15) is 80.0 Å². The molecular formula is C59H51N. The van der Waals surface area contributed by atoms with Gasteiger partial charge in [0.15, 0.2) is 0 Å². The van der Waals surface area contributed by atoms with E-state index in [1.54, 1.807) is 22.3 Å². The number of nitrogens with zero attached hydrogens (tertiary/aromatic N) is 1. The molecule has 6 saturated carbocycles. The molecule has 292 valence electrons. The topological polar surface area (TPSA) is 3.24 Å². The lowest BCUT2D eigenvalue weighted by Crippen LogP contribution is -2.55. The van der Waals surface area contributed by atoms with Crippen LogP contribution in [0.5, 0.6) is 0 Å². The monoisotopic (exact) mass is 773 g/mol. The standard InChI is InChI=1S/C59H51N/c1-3-11-40(12-4-1)42-20-26-57(51(33-42)41-13-5-2-6-14-41)60(46-23-25-54-52(34-46)49-16-7-9-17-53(49)58(54)36-37-19-21-43(58)28-37)47-22-24-50-48-15-8-10-18-55(48)59(56(50)35-47)44-29-38-27-39(31-44)32-45(59)30-38/h1-18,20,22-26,33-35,37-39,43-45H,19,21,27-32,36H2. The molecule has 0 heterocycles. The molecule has 1 nitrogen and oxygen atoms in total. The van der Waals surface area contributed by atoms with Crippen LogP contribution in [-0.4, -0.2) is 0 Å². The van der Waals surface area contributed by atoms with Gasteiger partial charge in [-0.1, -0.05) is 134 Å². The molecule has 1 heteroatoms. The van der Waals surface area contributed by atoms with Crippen molar-refractivity contribution < 1.29 is 0 Å². The predicted molar refractivity (Wildman–Crippen MR) is 247 cm³/mol. The summed E-state index contributed by atoms with van der Waals surface area (Å²) in [5.41, 5.74) is 21.3. The van der Waals surface area contributed by atoms with E-state index in [2.05, 4.69) is 169 Å². The van der Waals surface area contributed by atoms with Crippen molar-refractivity contribution in [3.8, 4) is 44.5 Å². The van der Waals surface area contributed by atoms with Gasteiger partial charge >= 0.3 is 0 Å². The molecular weight excluding hydrogens is 723 g/mol. The van der Waals surface area contributed by atoms with Crippen LogP contribution >= 0.6 is 0 Å². The van der Waals surface area contributed by atoms with Gasteiger partial charge in [-0.15, -0.1) is 0 Å². The van der Waals surface area contributed by atoms with Crippen molar-refractivity contribution >= 4 is 17.1 Å². The van der Waals surface area contributed by atoms with Gasteiger partial charge in [-0.25, -0.2) is 0 Å². The summed E-state index contributed by atoms with van der Waals surface area (Å²) in [6, 6.07) is 63.7. The van der Waals surface area contributed by atoms with E-state index in [1.165, 1.54) is 119 Å². The fourth-order valence-corrected chi connectivity index (χ4v) is 15.6. The molecule has 0 radical (unpaired) electrons. The lowest BCUT2D eigenvalue weighted by molar-refractivity contribution is -0.0399. The predicted octanol–water partition coefficient (Wildman–Crippen LogP) is 15.3. The third-order valence-electron chi connectivity index (χ3n) is 17.5. The molecule has 6 fully saturated rings. The van der Waals surface area contributed by atoms with E-state index in [9.17, 15) is 0 Å². The highest BCUT2D eigenvalue weighted by Gasteiger charge is 2.62. The fourth-order valence-electron chi connectivity index (χ4n) is 15.6. The Balaban J connectivity index is 1.01. The Morgan fingerprint density at radius 3 is 1.68 bits per heavy atom. The molecule has 3 atom stereocenters. The third-order valence-corrected chi connectivity index (χ3v) is 17.5. The van der Waals surface area contributed by atoms with Gasteiger partial charge in [0.1, 0.15) is 0 Å². The summed E-state index contributed by atoms with van der Waals surface area (Å²) in [6.07, 6.45) is 12.5. The van der Waals surface area contributed by atoms with Crippen molar-refractivity contribution in [2.45, 2.75) is 68.6 Å². The summed E-state index contributed by atoms with van der Waals surface area (Å²) in [5, 5.41) is 0. The van der Waals surface area contributed by atoms with Gasteiger partial charge in [0.25, 0.3) is 0 Å². The molecule has 0 aliphatic heterocycles. The van der Waals surface area contributed by atoms with Crippen molar-refractivity contribution in [1.29, 1.82) is 0 Å². The Hall–Kier alpha value is -5.66. The van der Waals surface area contributed by atoms with Gasteiger partial charge in [-0.3, -0.25) is 0 Å². The van der Waals surface area contributed by atoms with E-state index in [0.717, 1.165) is 35.5 Å². The van der Waals surface area contributed by atoms with Crippen molar-refractivity contribution in [3.63, 3.8) is 0 Å². The Kier molecular flexibility index (Phi) is 7.07. The van der Waals surface area contributed by atoms with Crippen LogP contribution in [0.4, 0.5) is 17.1 Å². The highest BCUT2D eigenvalue weighted by molar-refractivity contribution is 5.94. The lowest BCUT2D eigenvalue weighted by Gasteiger charge is -2.61. The minimum absolute atomic E-state index is 0.103. The van der Waals surface area contributed by atoms with Gasteiger partial charge in [0.05, 0.1) is 5.69 Å². The summed E-state index contributed by atoms with van der Waals surface area (Å²) in [4.78, 5) is 2.65. The first kappa shape index (κ1) is 34.1. The van der Waals surface area contributed by atoms with Gasteiger partial charge in [0.2, 0.25) is 0 Å². The normalized spacial score (nSPS) is 29.2. The molecule has 0 N–H and O–H groups in total. The second-order valence-corrected chi connectivity index (χ2v) is 20.1. The number of hydrogen-bond acceptors (Lipinski definition) is 1. The second kappa shape index (κ2) is 12.4. The first-order chi connectivity index (χ1) is 29.7. The van der Waals surface area contributed by atoms with E-state index in [-0.39, 0.29) is 10.8 Å².